The van der Waals surface area contributed by atoms with E-state index in [-0.39, 0.29) is 0 Å². The van der Waals surface area contributed by atoms with Crippen LogP contribution in [0.2, 0.25) is 0 Å². The summed E-state index contributed by atoms with van der Waals surface area (Å²) in [5.74, 6) is 2.30. The van der Waals surface area contributed by atoms with Crippen LogP contribution < -0.4 is 5.73 Å². The van der Waals surface area contributed by atoms with Crippen molar-refractivity contribution in [2.75, 3.05) is 45.1 Å². The summed E-state index contributed by atoms with van der Waals surface area (Å²) in [5.41, 5.74) is 8.39. The molecule has 0 saturated carbocycles. The summed E-state index contributed by atoms with van der Waals surface area (Å²) < 4.78 is 10.5. The first-order valence-electron chi connectivity index (χ1n) is 10.4. The zero-order chi connectivity index (χ0) is 19.9. The van der Waals surface area contributed by atoms with E-state index in [4.69, 9.17) is 10.5 Å². The summed E-state index contributed by atoms with van der Waals surface area (Å²) in [4.78, 5) is 4.53. The number of hydrogen-bond donors (Lipinski definition) is 1. The van der Waals surface area contributed by atoms with E-state index in [9.17, 15) is 0 Å². The summed E-state index contributed by atoms with van der Waals surface area (Å²) in [7, 11) is 0. The van der Waals surface area contributed by atoms with E-state index in [1.54, 1.807) is 0 Å². The highest BCUT2D eigenvalue weighted by molar-refractivity contribution is 7.99. The van der Waals surface area contributed by atoms with Crippen LogP contribution >= 0.6 is 23.9 Å². The van der Waals surface area contributed by atoms with Crippen molar-refractivity contribution >= 4 is 23.9 Å². The van der Waals surface area contributed by atoms with Crippen LogP contribution in [0.25, 0.3) is 0 Å². The Hall–Kier alpha value is -1.09. The molecule has 3 heterocycles. The van der Waals surface area contributed by atoms with Crippen molar-refractivity contribution in [3.63, 3.8) is 0 Å². The number of pyridine rings is 1. The maximum Gasteiger partial charge on any atom is 0.0963 e. The van der Waals surface area contributed by atoms with E-state index in [0.717, 1.165) is 55.7 Å². The number of morpholine rings is 1. The Balaban J connectivity index is 1.41. The molecule has 0 radical (unpaired) electrons. The SMILES string of the molecule is NCc1ccnc(SCC2CC(c3ccccc3)CN(SN3CCOCC3)C2)c1. The van der Waals surface area contributed by atoms with Gasteiger partial charge in [0.25, 0.3) is 0 Å². The predicted molar refractivity (Wildman–Crippen MR) is 122 cm³/mol. The lowest BCUT2D eigenvalue weighted by Gasteiger charge is -2.39. The molecule has 29 heavy (non-hydrogen) atoms. The Kier molecular flexibility index (Phi) is 7.87. The topological polar surface area (TPSA) is 54.6 Å². The summed E-state index contributed by atoms with van der Waals surface area (Å²) >= 11 is 3.78. The smallest absolute Gasteiger partial charge is 0.0963 e. The third-order valence-corrected chi connectivity index (χ3v) is 7.76. The second kappa shape index (κ2) is 10.8. The molecule has 2 N–H and O–H groups in total. The Morgan fingerprint density at radius 2 is 1.90 bits per heavy atom. The quantitative estimate of drug-likeness (QED) is 0.532. The van der Waals surface area contributed by atoms with Crippen molar-refractivity contribution in [3.05, 3.63) is 59.8 Å². The van der Waals surface area contributed by atoms with Gasteiger partial charge in [0.2, 0.25) is 0 Å². The highest BCUT2D eigenvalue weighted by Crippen LogP contribution is 2.36. The number of rotatable bonds is 7. The van der Waals surface area contributed by atoms with Crippen LogP contribution in [0.15, 0.2) is 53.7 Å². The third kappa shape index (κ3) is 6.20. The minimum atomic E-state index is 0.569. The number of thioether (sulfide) groups is 1. The van der Waals surface area contributed by atoms with E-state index in [1.807, 2.05) is 36.2 Å². The molecule has 2 aliphatic rings. The van der Waals surface area contributed by atoms with Gasteiger partial charge in [-0.05, 0) is 41.5 Å². The van der Waals surface area contributed by atoms with Crippen LogP contribution in [0, 0.1) is 5.92 Å². The van der Waals surface area contributed by atoms with Gasteiger partial charge in [-0.15, -0.1) is 11.8 Å². The zero-order valence-electron chi connectivity index (χ0n) is 16.8. The van der Waals surface area contributed by atoms with Crippen LogP contribution in [-0.2, 0) is 11.3 Å². The van der Waals surface area contributed by atoms with Gasteiger partial charge in [-0.1, -0.05) is 30.3 Å². The molecular weight excluding hydrogens is 400 g/mol. The van der Waals surface area contributed by atoms with E-state index in [1.165, 1.54) is 12.0 Å². The molecule has 0 bridgehead atoms. The number of piperidine rings is 1. The van der Waals surface area contributed by atoms with Gasteiger partial charge in [0.15, 0.2) is 0 Å². The van der Waals surface area contributed by atoms with Gasteiger partial charge < -0.3 is 10.5 Å². The molecule has 156 valence electrons. The molecule has 1 aromatic carbocycles. The molecule has 0 amide bonds. The molecule has 2 aliphatic heterocycles. The van der Waals surface area contributed by atoms with E-state index in [2.05, 4.69) is 50.0 Å². The molecule has 2 aromatic rings. The number of ether oxygens (including phenoxy) is 1. The highest BCUT2D eigenvalue weighted by Gasteiger charge is 2.30. The van der Waals surface area contributed by atoms with Crippen LogP contribution in [0.4, 0.5) is 0 Å². The number of hydrogen-bond acceptors (Lipinski definition) is 7. The second-order valence-corrected chi connectivity index (χ2v) is 9.93. The predicted octanol–water partition coefficient (Wildman–Crippen LogP) is 3.63. The summed E-state index contributed by atoms with van der Waals surface area (Å²) in [6.07, 6.45) is 3.10. The van der Waals surface area contributed by atoms with Gasteiger partial charge in [0.1, 0.15) is 0 Å². The van der Waals surface area contributed by atoms with Gasteiger partial charge in [0, 0.05) is 56.8 Å². The van der Waals surface area contributed by atoms with Crippen LogP contribution in [0.5, 0.6) is 0 Å². The largest absolute Gasteiger partial charge is 0.379 e. The van der Waals surface area contributed by atoms with Crippen molar-refractivity contribution in [2.45, 2.75) is 23.9 Å². The minimum absolute atomic E-state index is 0.569. The molecule has 2 atom stereocenters. The van der Waals surface area contributed by atoms with Crippen molar-refractivity contribution < 1.29 is 4.74 Å². The number of benzene rings is 1. The monoisotopic (exact) mass is 430 g/mol. The van der Waals surface area contributed by atoms with Crippen LogP contribution in [0.3, 0.4) is 0 Å². The molecule has 5 nitrogen and oxygen atoms in total. The summed E-state index contributed by atoms with van der Waals surface area (Å²) in [5, 5.41) is 1.09. The fourth-order valence-corrected chi connectivity index (χ4v) is 6.15. The Labute approximate surface area is 182 Å². The average molecular weight is 431 g/mol. The molecule has 7 heteroatoms. The molecule has 0 aliphatic carbocycles. The Morgan fingerprint density at radius 1 is 1.07 bits per heavy atom. The number of nitrogens with two attached hydrogens (primary N) is 1. The fraction of sp³-hybridized carbons (Fsp3) is 0.500. The third-order valence-electron chi connectivity index (χ3n) is 5.48. The Bertz CT molecular complexity index is 757. The van der Waals surface area contributed by atoms with Gasteiger partial charge in [-0.25, -0.2) is 13.6 Å². The maximum absolute atomic E-state index is 5.79. The van der Waals surface area contributed by atoms with Gasteiger partial charge >= 0.3 is 0 Å². The molecule has 2 unspecified atom stereocenters. The van der Waals surface area contributed by atoms with E-state index in [0.29, 0.717) is 18.4 Å². The second-order valence-electron chi connectivity index (χ2n) is 7.70. The normalized spacial score (nSPS) is 23.9. The van der Waals surface area contributed by atoms with Gasteiger partial charge in [-0.3, -0.25) is 0 Å². The van der Waals surface area contributed by atoms with Crippen molar-refractivity contribution in [2.24, 2.45) is 11.7 Å². The lowest BCUT2D eigenvalue weighted by atomic mass is 9.86. The maximum atomic E-state index is 5.79. The lowest BCUT2D eigenvalue weighted by Crippen LogP contribution is -2.41. The molecule has 1 aromatic heterocycles. The summed E-state index contributed by atoms with van der Waals surface area (Å²) in [6.45, 7) is 6.48. The van der Waals surface area contributed by atoms with Crippen LogP contribution in [0.1, 0.15) is 23.5 Å². The molecule has 2 fully saturated rings. The van der Waals surface area contributed by atoms with Crippen molar-refractivity contribution in [1.82, 2.24) is 13.6 Å². The van der Waals surface area contributed by atoms with Gasteiger partial charge in [0.05, 0.1) is 18.2 Å². The number of nitrogens with zero attached hydrogens (tertiary/aromatic N) is 3. The number of aromatic nitrogens is 1. The van der Waals surface area contributed by atoms with E-state index < -0.39 is 0 Å². The molecule has 2 saturated heterocycles. The first kappa shape index (κ1) is 21.2. The first-order chi connectivity index (χ1) is 14.3. The van der Waals surface area contributed by atoms with E-state index >= 15 is 0 Å². The van der Waals surface area contributed by atoms with Crippen LogP contribution in [-0.4, -0.2) is 58.7 Å². The lowest BCUT2D eigenvalue weighted by molar-refractivity contribution is 0.0751. The van der Waals surface area contributed by atoms with Gasteiger partial charge in [-0.2, -0.15) is 0 Å². The standard InChI is InChI=1S/C22H30N4OS2/c23-14-18-6-7-24-22(13-18)28-17-19-12-21(20-4-2-1-3-5-20)16-26(15-19)29-25-8-10-27-11-9-25/h1-7,13,19,21H,8-12,14-17,23H2. The highest BCUT2D eigenvalue weighted by atomic mass is 32.2. The molecule has 0 spiro atoms. The minimum Gasteiger partial charge on any atom is -0.379 e. The molecular formula is C22H30N4OS2. The Morgan fingerprint density at radius 3 is 2.69 bits per heavy atom. The molecule has 4 rings (SSSR count). The fourth-order valence-electron chi connectivity index (χ4n) is 3.97. The van der Waals surface area contributed by atoms with Crippen molar-refractivity contribution in [1.29, 1.82) is 0 Å². The summed E-state index contributed by atoms with van der Waals surface area (Å²) in [6, 6.07) is 15.1. The first-order valence-corrected chi connectivity index (χ1v) is 12.1. The van der Waals surface area contributed by atoms with Crippen molar-refractivity contribution in [3.8, 4) is 0 Å². The zero-order valence-corrected chi connectivity index (χ0v) is 18.4. The average Bonchev–Trinajstić information content (AvgIpc) is 2.79.